The summed E-state index contributed by atoms with van der Waals surface area (Å²) in [4.78, 5) is 25.6. The number of hydrogen-bond donors (Lipinski definition) is 1. The Morgan fingerprint density at radius 3 is 2.72 bits per heavy atom. The Labute approximate surface area is 144 Å². The second-order valence-corrected chi connectivity index (χ2v) is 5.50. The van der Waals surface area contributed by atoms with E-state index >= 15 is 0 Å². The van der Waals surface area contributed by atoms with Crippen molar-refractivity contribution in [3.8, 4) is 5.75 Å². The minimum atomic E-state index is -0.525. The molecule has 25 heavy (non-hydrogen) atoms. The van der Waals surface area contributed by atoms with Gasteiger partial charge in [0.15, 0.2) is 0 Å². The van der Waals surface area contributed by atoms with Crippen molar-refractivity contribution in [2.45, 2.75) is 6.10 Å². The molecule has 1 atom stereocenters. The van der Waals surface area contributed by atoms with Crippen LogP contribution in [0.5, 0.6) is 5.75 Å². The third kappa shape index (κ3) is 3.71. The molecule has 1 aliphatic rings. The molecule has 0 saturated carbocycles. The molecule has 2 aromatic rings. The number of carbonyl (C=O) groups is 2. The number of benzene rings is 2. The van der Waals surface area contributed by atoms with Gasteiger partial charge in [0.2, 0.25) is 0 Å². The molecular weight excluding hydrogens is 327 g/mol. The van der Waals surface area contributed by atoms with Crippen molar-refractivity contribution >= 4 is 17.7 Å². The van der Waals surface area contributed by atoms with Gasteiger partial charge in [0.05, 0.1) is 25.8 Å². The standard InChI is InChI=1S/C18H17FN2O4/c1-24-16-5-3-2-4-15(16)17(22)20-10-14-11-21(18(23)25-14)13-8-6-12(19)7-9-13/h2-9,14H,10-11H2,1H3,(H,20,22)/t14-/m0/s1. The Hall–Kier alpha value is -3.09. The fourth-order valence-electron chi connectivity index (χ4n) is 2.59. The van der Waals surface area contributed by atoms with Gasteiger partial charge in [-0.3, -0.25) is 9.69 Å². The van der Waals surface area contributed by atoms with Crippen molar-refractivity contribution in [3.05, 3.63) is 59.9 Å². The van der Waals surface area contributed by atoms with Crippen LogP contribution in [0.15, 0.2) is 48.5 Å². The third-order valence-corrected chi connectivity index (χ3v) is 3.85. The maximum absolute atomic E-state index is 13.0. The van der Waals surface area contributed by atoms with Crippen LogP contribution in [0.4, 0.5) is 14.9 Å². The molecule has 1 aliphatic heterocycles. The van der Waals surface area contributed by atoms with Crippen LogP contribution in [0.3, 0.4) is 0 Å². The number of anilines is 1. The summed E-state index contributed by atoms with van der Waals surface area (Å²) in [5, 5.41) is 2.73. The van der Waals surface area contributed by atoms with Crippen LogP contribution in [0.2, 0.25) is 0 Å². The first kappa shape index (κ1) is 16.8. The first-order valence-electron chi connectivity index (χ1n) is 7.73. The van der Waals surface area contributed by atoms with E-state index in [1.54, 1.807) is 24.3 Å². The van der Waals surface area contributed by atoms with Crippen LogP contribution in [0, 0.1) is 5.82 Å². The molecule has 0 unspecified atom stereocenters. The molecule has 130 valence electrons. The molecule has 0 spiro atoms. The van der Waals surface area contributed by atoms with Crippen LogP contribution in [-0.4, -0.2) is 38.3 Å². The van der Waals surface area contributed by atoms with Crippen molar-refractivity contribution in [3.63, 3.8) is 0 Å². The first-order valence-corrected chi connectivity index (χ1v) is 7.73. The van der Waals surface area contributed by atoms with E-state index < -0.39 is 12.2 Å². The predicted molar refractivity (Wildman–Crippen MR) is 89.3 cm³/mol. The Kier molecular flexibility index (Phi) is 4.83. The molecule has 2 amide bonds. The largest absolute Gasteiger partial charge is 0.496 e. The number of para-hydroxylation sites is 1. The molecule has 6 nitrogen and oxygen atoms in total. The van der Waals surface area contributed by atoms with Crippen LogP contribution < -0.4 is 15.0 Å². The van der Waals surface area contributed by atoms with Gasteiger partial charge in [-0.05, 0) is 36.4 Å². The average Bonchev–Trinajstić information content (AvgIpc) is 3.01. The lowest BCUT2D eigenvalue weighted by Gasteiger charge is -2.13. The smallest absolute Gasteiger partial charge is 0.414 e. The topological polar surface area (TPSA) is 67.9 Å². The van der Waals surface area contributed by atoms with Gasteiger partial charge in [0.1, 0.15) is 17.7 Å². The van der Waals surface area contributed by atoms with E-state index in [4.69, 9.17) is 9.47 Å². The number of ether oxygens (including phenoxy) is 2. The van der Waals surface area contributed by atoms with E-state index in [9.17, 15) is 14.0 Å². The molecule has 2 aromatic carbocycles. The summed E-state index contributed by atoms with van der Waals surface area (Å²) < 4.78 is 23.4. The molecule has 0 bridgehead atoms. The zero-order chi connectivity index (χ0) is 17.8. The van der Waals surface area contributed by atoms with E-state index in [2.05, 4.69) is 5.32 Å². The van der Waals surface area contributed by atoms with Gasteiger partial charge in [0, 0.05) is 5.69 Å². The van der Waals surface area contributed by atoms with Crippen molar-refractivity contribution in [1.82, 2.24) is 5.32 Å². The van der Waals surface area contributed by atoms with Gasteiger partial charge in [0.25, 0.3) is 5.91 Å². The molecule has 1 heterocycles. The number of nitrogens with one attached hydrogen (secondary N) is 1. The SMILES string of the molecule is COc1ccccc1C(=O)NC[C@H]1CN(c2ccc(F)cc2)C(=O)O1. The molecule has 7 heteroatoms. The number of rotatable bonds is 5. The van der Waals surface area contributed by atoms with Gasteiger partial charge in [-0.2, -0.15) is 0 Å². The Morgan fingerprint density at radius 2 is 2.00 bits per heavy atom. The Morgan fingerprint density at radius 1 is 1.28 bits per heavy atom. The number of nitrogens with zero attached hydrogens (tertiary/aromatic N) is 1. The van der Waals surface area contributed by atoms with E-state index in [1.807, 2.05) is 0 Å². The number of hydrogen-bond acceptors (Lipinski definition) is 4. The molecular formula is C18H17FN2O4. The zero-order valence-electron chi connectivity index (χ0n) is 13.6. The van der Waals surface area contributed by atoms with Gasteiger partial charge >= 0.3 is 6.09 Å². The summed E-state index contributed by atoms with van der Waals surface area (Å²) in [7, 11) is 1.49. The highest BCUT2D eigenvalue weighted by molar-refractivity contribution is 5.97. The number of halogens is 1. The van der Waals surface area contributed by atoms with Crippen molar-refractivity contribution in [1.29, 1.82) is 0 Å². The summed E-state index contributed by atoms with van der Waals surface area (Å²) in [6.07, 6.45) is -1.01. The van der Waals surface area contributed by atoms with Gasteiger partial charge in [-0.15, -0.1) is 0 Å². The molecule has 3 rings (SSSR count). The number of carbonyl (C=O) groups excluding carboxylic acids is 2. The molecule has 1 saturated heterocycles. The van der Waals surface area contributed by atoms with E-state index in [-0.39, 0.29) is 24.8 Å². The van der Waals surface area contributed by atoms with Gasteiger partial charge < -0.3 is 14.8 Å². The summed E-state index contributed by atoms with van der Waals surface area (Å²) in [5.74, 6) is -0.220. The minimum Gasteiger partial charge on any atom is -0.496 e. The Balaban J connectivity index is 1.60. The minimum absolute atomic E-state index is 0.167. The summed E-state index contributed by atoms with van der Waals surface area (Å²) in [6, 6.07) is 12.4. The lowest BCUT2D eigenvalue weighted by Crippen LogP contribution is -2.34. The van der Waals surface area contributed by atoms with Crippen molar-refractivity contribution in [2.75, 3.05) is 25.1 Å². The zero-order valence-corrected chi connectivity index (χ0v) is 13.6. The van der Waals surface area contributed by atoms with Crippen molar-refractivity contribution < 1.29 is 23.5 Å². The van der Waals surface area contributed by atoms with Crippen LogP contribution in [-0.2, 0) is 4.74 Å². The van der Waals surface area contributed by atoms with Crippen LogP contribution >= 0.6 is 0 Å². The number of cyclic esters (lactones) is 1. The number of methoxy groups -OCH3 is 1. The normalized spacial score (nSPS) is 16.5. The van der Waals surface area contributed by atoms with Crippen molar-refractivity contribution in [2.24, 2.45) is 0 Å². The van der Waals surface area contributed by atoms with Crippen LogP contribution in [0.1, 0.15) is 10.4 Å². The van der Waals surface area contributed by atoms with Crippen LogP contribution in [0.25, 0.3) is 0 Å². The highest BCUT2D eigenvalue weighted by Crippen LogP contribution is 2.22. The van der Waals surface area contributed by atoms with E-state index in [1.165, 1.54) is 36.3 Å². The highest BCUT2D eigenvalue weighted by Gasteiger charge is 2.32. The summed E-state index contributed by atoms with van der Waals surface area (Å²) >= 11 is 0. The molecule has 1 fully saturated rings. The second kappa shape index (κ2) is 7.21. The lowest BCUT2D eigenvalue weighted by molar-refractivity contribution is 0.0913. The highest BCUT2D eigenvalue weighted by atomic mass is 19.1. The molecule has 0 radical (unpaired) electrons. The fourth-order valence-corrected chi connectivity index (χ4v) is 2.59. The van der Waals surface area contributed by atoms with Gasteiger partial charge in [-0.25, -0.2) is 9.18 Å². The second-order valence-electron chi connectivity index (χ2n) is 5.50. The fraction of sp³-hybridized carbons (Fsp3) is 0.222. The lowest BCUT2D eigenvalue weighted by atomic mass is 10.2. The van der Waals surface area contributed by atoms with E-state index in [0.717, 1.165) is 0 Å². The summed E-state index contributed by atoms with van der Waals surface area (Å²) in [5.41, 5.74) is 0.953. The Bertz CT molecular complexity index is 779. The van der Waals surface area contributed by atoms with Gasteiger partial charge in [-0.1, -0.05) is 12.1 Å². The quantitative estimate of drug-likeness (QED) is 0.905. The van der Waals surface area contributed by atoms with E-state index in [0.29, 0.717) is 17.0 Å². The molecule has 1 N–H and O–H groups in total. The monoisotopic (exact) mass is 344 g/mol. The predicted octanol–water partition coefficient (Wildman–Crippen LogP) is 2.59. The maximum Gasteiger partial charge on any atom is 0.414 e. The number of amides is 2. The molecule has 0 aromatic heterocycles. The maximum atomic E-state index is 13.0. The third-order valence-electron chi connectivity index (χ3n) is 3.85. The average molecular weight is 344 g/mol. The first-order chi connectivity index (χ1) is 12.1. The summed E-state index contributed by atoms with van der Waals surface area (Å²) in [6.45, 7) is 0.441. The molecule has 0 aliphatic carbocycles.